The molecule has 22 heavy (non-hydrogen) atoms. The largest absolute Gasteiger partial charge is 0.434 e. The van der Waals surface area contributed by atoms with Gasteiger partial charge in [-0.2, -0.15) is 8.78 Å². The van der Waals surface area contributed by atoms with Crippen LogP contribution in [0.1, 0.15) is 18.4 Å². The summed E-state index contributed by atoms with van der Waals surface area (Å²) in [5, 5.41) is 3.96. The number of ether oxygens (including phenoxy) is 1. The lowest BCUT2D eigenvalue weighted by atomic mass is 9.86. The molecule has 2 aliphatic rings. The van der Waals surface area contributed by atoms with Gasteiger partial charge in [0, 0.05) is 30.2 Å². The van der Waals surface area contributed by atoms with E-state index in [1.807, 2.05) is 0 Å². The maximum atomic E-state index is 12.5. The van der Waals surface area contributed by atoms with E-state index in [9.17, 15) is 8.78 Å². The van der Waals surface area contributed by atoms with Gasteiger partial charge in [0.1, 0.15) is 5.75 Å². The van der Waals surface area contributed by atoms with Gasteiger partial charge < -0.3 is 10.1 Å². The Morgan fingerprint density at radius 3 is 2.86 bits per heavy atom. The molecule has 1 aromatic rings. The second-order valence-corrected chi connectivity index (χ2v) is 6.45. The molecular formula is C15H20Cl2F2N2O. The van der Waals surface area contributed by atoms with Crippen molar-refractivity contribution in [3.8, 4) is 5.75 Å². The Hall–Kier alpha value is -0.620. The highest BCUT2D eigenvalue weighted by molar-refractivity contribution is 6.30. The Bertz CT molecular complexity index is 510. The highest BCUT2D eigenvalue weighted by Gasteiger charge is 2.40. The number of rotatable bonds is 4. The van der Waals surface area contributed by atoms with Crippen LogP contribution in [-0.2, 0) is 6.54 Å². The van der Waals surface area contributed by atoms with Gasteiger partial charge in [-0.05, 0) is 49.5 Å². The van der Waals surface area contributed by atoms with Crippen molar-refractivity contribution in [3.63, 3.8) is 0 Å². The fourth-order valence-corrected chi connectivity index (χ4v) is 3.62. The molecule has 0 aliphatic carbocycles. The van der Waals surface area contributed by atoms with E-state index < -0.39 is 6.61 Å². The van der Waals surface area contributed by atoms with E-state index in [-0.39, 0.29) is 18.2 Å². The molecular weight excluding hydrogens is 333 g/mol. The normalized spacial score (nSPS) is 24.9. The molecule has 1 atom stereocenters. The van der Waals surface area contributed by atoms with Gasteiger partial charge in [-0.15, -0.1) is 12.4 Å². The van der Waals surface area contributed by atoms with Gasteiger partial charge in [-0.3, -0.25) is 4.90 Å². The van der Waals surface area contributed by atoms with E-state index in [4.69, 9.17) is 11.6 Å². The fourth-order valence-electron chi connectivity index (χ4n) is 3.43. The van der Waals surface area contributed by atoms with Crippen LogP contribution in [0.5, 0.6) is 5.75 Å². The molecule has 7 heteroatoms. The average molecular weight is 353 g/mol. The van der Waals surface area contributed by atoms with E-state index in [1.165, 1.54) is 12.5 Å². The van der Waals surface area contributed by atoms with Gasteiger partial charge in [0.2, 0.25) is 0 Å². The topological polar surface area (TPSA) is 24.5 Å². The van der Waals surface area contributed by atoms with Crippen molar-refractivity contribution in [2.45, 2.75) is 26.0 Å². The summed E-state index contributed by atoms with van der Waals surface area (Å²) in [6.45, 7) is 1.91. The molecule has 2 aliphatic heterocycles. The van der Waals surface area contributed by atoms with Gasteiger partial charge in [0.25, 0.3) is 0 Å². The predicted octanol–water partition coefficient (Wildman–Crippen LogP) is 3.55. The summed E-state index contributed by atoms with van der Waals surface area (Å²) in [4.78, 5) is 2.30. The summed E-state index contributed by atoms with van der Waals surface area (Å²) in [5.74, 6) is 0.222. The van der Waals surface area contributed by atoms with Crippen molar-refractivity contribution < 1.29 is 13.5 Å². The van der Waals surface area contributed by atoms with Crippen LogP contribution in [0.3, 0.4) is 0 Å². The third-order valence-corrected chi connectivity index (χ3v) is 4.72. The fraction of sp³-hybridized carbons (Fsp3) is 0.600. The van der Waals surface area contributed by atoms with Crippen LogP contribution in [-0.4, -0.2) is 37.7 Å². The van der Waals surface area contributed by atoms with Crippen LogP contribution in [0.4, 0.5) is 8.78 Å². The number of nitrogens with zero attached hydrogens (tertiary/aromatic N) is 1. The molecule has 2 saturated heterocycles. The lowest BCUT2D eigenvalue weighted by Gasteiger charge is -2.23. The van der Waals surface area contributed by atoms with Gasteiger partial charge in [0.05, 0.1) is 0 Å². The molecule has 2 fully saturated rings. The zero-order chi connectivity index (χ0) is 14.9. The minimum absolute atomic E-state index is 0. The van der Waals surface area contributed by atoms with E-state index >= 15 is 0 Å². The second-order valence-electron chi connectivity index (χ2n) is 6.02. The Morgan fingerprint density at radius 1 is 1.36 bits per heavy atom. The molecule has 0 amide bonds. The number of likely N-dealkylation sites (tertiary alicyclic amines) is 1. The minimum atomic E-state index is -2.81. The van der Waals surface area contributed by atoms with E-state index in [0.29, 0.717) is 17.0 Å². The number of nitrogens with one attached hydrogen (secondary N) is 1. The lowest BCUT2D eigenvalue weighted by Crippen LogP contribution is -2.29. The molecule has 124 valence electrons. The number of halogens is 4. The Morgan fingerprint density at radius 2 is 2.18 bits per heavy atom. The van der Waals surface area contributed by atoms with Crippen LogP contribution in [0.2, 0.25) is 5.02 Å². The van der Waals surface area contributed by atoms with Crippen LogP contribution in [0, 0.1) is 5.41 Å². The van der Waals surface area contributed by atoms with Crippen LogP contribution in [0.15, 0.2) is 18.2 Å². The summed E-state index contributed by atoms with van der Waals surface area (Å²) in [7, 11) is 0. The average Bonchev–Trinajstić information content (AvgIpc) is 3.03. The zero-order valence-corrected chi connectivity index (χ0v) is 13.7. The quantitative estimate of drug-likeness (QED) is 0.896. The molecule has 3 nitrogen and oxygen atoms in total. The number of alkyl halides is 2. The monoisotopic (exact) mass is 352 g/mol. The maximum absolute atomic E-state index is 12.5. The zero-order valence-electron chi connectivity index (χ0n) is 12.2. The molecule has 0 aromatic heterocycles. The summed E-state index contributed by atoms with van der Waals surface area (Å²) in [5.41, 5.74) is 1.09. The van der Waals surface area contributed by atoms with Gasteiger partial charge in [-0.1, -0.05) is 11.6 Å². The first-order chi connectivity index (χ1) is 10.1. The molecule has 0 radical (unpaired) electrons. The SMILES string of the molecule is Cl.FC(F)Oc1ccc(Cl)cc1CN1CCC2(CCNC2)C1. The lowest BCUT2D eigenvalue weighted by molar-refractivity contribution is -0.0507. The predicted molar refractivity (Wildman–Crippen MR) is 85.1 cm³/mol. The van der Waals surface area contributed by atoms with Crippen LogP contribution < -0.4 is 10.1 Å². The molecule has 1 unspecified atom stereocenters. The van der Waals surface area contributed by atoms with Crippen LogP contribution in [0.25, 0.3) is 0 Å². The first-order valence-corrected chi connectivity index (χ1v) is 7.60. The molecule has 2 heterocycles. The molecule has 0 bridgehead atoms. The first-order valence-electron chi connectivity index (χ1n) is 7.23. The maximum Gasteiger partial charge on any atom is 0.387 e. The first kappa shape index (κ1) is 17.7. The number of hydrogen-bond donors (Lipinski definition) is 1. The van der Waals surface area contributed by atoms with Crippen molar-refractivity contribution in [1.82, 2.24) is 10.2 Å². The summed E-state index contributed by atoms with van der Waals surface area (Å²) in [6, 6.07) is 4.82. The molecule has 3 rings (SSSR count). The van der Waals surface area contributed by atoms with Crippen molar-refractivity contribution >= 4 is 24.0 Å². The van der Waals surface area contributed by atoms with E-state index in [0.717, 1.165) is 38.2 Å². The molecule has 1 N–H and O–H groups in total. The molecule has 1 aromatic carbocycles. The summed E-state index contributed by atoms with van der Waals surface area (Å²) < 4.78 is 29.6. The minimum Gasteiger partial charge on any atom is -0.434 e. The van der Waals surface area contributed by atoms with Crippen molar-refractivity contribution in [2.24, 2.45) is 5.41 Å². The standard InChI is InChI=1S/C15H19ClF2N2O.ClH/c16-12-1-2-13(21-14(17)18)11(7-12)8-20-6-4-15(10-20)3-5-19-9-15;/h1-2,7,14,19H,3-6,8-10H2;1H. The van der Waals surface area contributed by atoms with E-state index in [1.54, 1.807) is 12.1 Å². The van der Waals surface area contributed by atoms with Gasteiger partial charge in [0.15, 0.2) is 0 Å². The third-order valence-electron chi connectivity index (χ3n) is 4.48. The smallest absolute Gasteiger partial charge is 0.387 e. The Balaban J connectivity index is 0.00000176. The van der Waals surface area contributed by atoms with Crippen molar-refractivity contribution in [3.05, 3.63) is 28.8 Å². The molecule has 1 spiro atoms. The number of benzene rings is 1. The van der Waals surface area contributed by atoms with Crippen LogP contribution >= 0.6 is 24.0 Å². The molecule has 0 saturated carbocycles. The Kier molecular flexibility index (Phi) is 5.88. The van der Waals surface area contributed by atoms with Crippen molar-refractivity contribution in [1.29, 1.82) is 0 Å². The third kappa shape index (κ3) is 4.02. The second kappa shape index (κ2) is 7.30. The summed E-state index contributed by atoms with van der Waals surface area (Å²) in [6.07, 6.45) is 2.35. The Labute approximate surface area is 140 Å². The highest BCUT2D eigenvalue weighted by atomic mass is 35.5. The number of hydrogen-bond acceptors (Lipinski definition) is 3. The summed E-state index contributed by atoms with van der Waals surface area (Å²) >= 11 is 5.99. The highest BCUT2D eigenvalue weighted by Crippen LogP contribution is 2.37. The van der Waals surface area contributed by atoms with Crippen molar-refractivity contribution in [2.75, 3.05) is 26.2 Å². The van der Waals surface area contributed by atoms with Gasteiger partial charge in [-0.25, -0.2) is 0 Å². The van der Waals surface area contributed by atoms with Gasteiger partial charge >= 0.3 is 6.61 Å². The van der Waals surface area contributed by atoms with E-state index in [2.05, 4.69) is 15.0 Å².